The van der Waals surface area contributed by atoms with Crippen LogP contribution >= 0.6 is 11.8 Å². The second kappa shape index (κ2) is 9.48. The van der Waals surface area contributed by atoms with E-state index in [0.717, 1.165) is 46.9 Å². The Morgan fingerprint density at radius 1 is 0.931 bits per heavy atom. The van der Waals surface area contributed by atoms with Crippen molar-refractivity contribution in [2.75, 3.05) is 6.61 Å². The normalized spacial score (nSPS) is 10.9. The second-order valence-electron chi connectivity index (χ2n) is 6.72. The molecule has 0 fully saturated rings. The van der Waals surface area contributed by atoms with Crippen LogP contribution in [-0.2, 0) is 18.7 Å². The molecule has 0 unspecified atom stereocenters. The SMILES string of the molecule is C=CCc1ccccc1OCCn1c(CSc2ccccc2)nc2ccccc21. The highest BCUT2D eigenvalue weighted by atomic mass is 32.2. The van der Waals surface area contributed by atoms with Gasteiger partial charge >= 0.3 is 0 Å². The summed E-state index contributed by atoms with van der Waals surface area (Å²) >= 11 is 1.81. The number of thioether (sulfide) groups is 1. The largest absolute Gasteiger partial charge is 0.491 e. The van der Waals surface area contributed by atoms with Crippen molar-refractivity contribution in [2.45, 2.75) is 23.6 Å². The van der Waals surface area contributed by atoms with Crippen LogP contribution in [0.15, 0.2) is 96.4 Å². The van der Waals surface area contributed by atoms with Crippen molar-refractivity contribution in [1.82, 2.24) is 9.55 Å². The Morgan fingerprint density at radius 2 is 1.69 bits per heavy atom. The number of para-hydroxylation sites is 3. The van der Waals surface area contributed by atoms with E-state index in [4.69, 9.17) is 9.72 Å². The molecule has 146 valence electrons. The first-order chi connectivity index (χ1) is 14.3. The van der Waals surface area contributed by atoms with E-state index in [9.17, 15) is 0 Å². The molecule has 1 heterocycles. The Hall–Kier alpha value is -2.98. The summed E-state index contributed by atoms with van der Waals surface area (Å²) in [7, 11) is 0. The topological polar surface area (TPSA) is 27.1 Å². The van der Waals surface area contributed by atoms with E-state index in [-0.39, 0.29) is 0 Å². The number of fused-ring (bicyclic) bond motifs is 1. The van der Waals surface area contributed by atoms with Crippen LogP contribution < -0.4 is 4.74 Å². The van der Waals surface area contributed by atoms with Gasteiger partial charge in [-0.15, -0.1) is 18.3 Å². The molecule has 0 saturated heterocycles. The minimum absolute atomic E-state index is 0.595. The zero-order chi connectivity index (χ0) is 19.9. The van der Waals surface area contributed by atoms with Gasteiger partial charge in [0.1, 0.15) is 18.2 Å². The van der Waals surface area contributed by atoms with E-state index in [2.05, 4.69) is 59.7 Å². The lowest BCUT2D eigenvalue weighted by Crippen LogP contribution is -2.11. The van der Waals surface area contributed by atoms with Crippen molar-refractivity contribution in [2.24, 2.45) is 0 Å². The van der Waals surface area contributed by atoms with E-state index in [1.165, 1.54) is 4.90 Å². The van der Waals surface area contributed by atoms with Crippen LogP contribution in [0, 0.1) is 0 Å². The van der Waals surface area contributed by atoms with E-state index in [0.29, 0.717) is 6.61 Å². The first kappa shape index (κ1) is 19.3. The molecule has 0 aliphatic rings. The number of nitrogens with zero attached hydrogens (tertiary/aromatic N) is 2. The lowest BCUT2D eigenvalue weighted by molar-refractivity contribution is 0.296. The number of hydrogen-bond donors (Lipinski definition) is 0. The molecule has 29 heavy (non-hydrogen) atoms. The maximum absolute atomic E-state index is 6.13. The standard InChI is InChI=1S/C25H24N2OS/c1-2-10-20-11-6-9-16-24(20)28-18-17-27-23-15-8-7-14-22(23)26-25(27)19-29-21-12-4-3-5-13-21/h2-9,11-16H,1,10,17-19H2. The third-order valence-corrected chi connectivity index (χ3v) is 5.76. The van der Waals surface area contributed by atoms with Crippen LogP contribution in [0.3, 0.4) is 0 Å². The van der Waals surface area contributed by atoms with E-state index in [1.54, 1.807) is 11.8 Å². The minimum Gasteiger partial charge on any atom is -0.491 e. The Balaban J connectivity index is 1.51. The van der Waals surface area contributed by atoms with Crippen molar-refractivity contribution >= 4 is 22.8 Å². The first-order valence-electron chi connectivity index (χ1n) is 9.79. The fourth-order valence-electron chi connectivity index (χ4n) is 3.37. The van der Waals surface area contributed by atoms with Gasteiger partial charge < -0.3 is 9.30 Å². The highest BCUT2D eigenvalue weighted by molar-refractivity contribution is 7.98. The second-order valence-corrected chi connectivity index (χ2v) is 7.77. The monoisotopic (exact) mass is 400 g/mol. The van der Waals surface area contributed by atoms with Crippen molar-refractivity contribution in [3.05, 3.63) is 103 Å². The lowest BCUT2D eigenvalue weighted by Gasteiger charge is -2.13. The molecule has 0 saturated carbocycles. The minimum atomic E-state index is 0.595. The van der Waals surface area contributed by atoms with Gasteiger partial charge in [-0.25, -0.2) is 4.98 Å². The maximum Gasteiger partial charge on any atom is 0.122 e. The number of ether oxygens (including phenoxy) is 1. The summed E-state index contributed by atoms with van der Waals surface area (Å²) in [6.07, 6.45) is 2.72. The molecule has 0 aliphatic carbocycles. The smallest absolute Gasteiger partial charge is 0.122 e. The average Bonchev–Trinajstić information content (AvgIpc) is 3.12. The van der Waals surface area contributed by atoms with Gasteiger partial charge in [0.05, 0.1) is 23.3 Å². The highest BCUT2D eigenvalue weighted by Crippen LogP contribution is 2.25. The zero-order valence-electron chi connectivity index (χ0n) is 16.3. The summed E-state index contributed by atoms with van der Waals surface area (Å²) in [4.78, 5) is 6.12. The van der Waals surface area contributed by atoms with Crippen molar-refractivity contribution in [1.29, 1.82) is 0 Å². The number of benzene rings is 3. The molecule has 1 aromatic heterocycles. The molecule has 0 bridgehead atoms. The molecule has 0 N–H and O–H groups in total. The molecule has 0 aliphatic heterocycles. The molecule has 0 atom stereocenters. The Labute approximate surface area is 176 Å². The van der Waals surface area contributed by atoms with E-state index >= 15 is 0 Å². The molecule has 0 amide bonds. The number of allylic oxidation sites excluding steroid dienone is 1. The van der Waals surface area contributed by atoms with Crippen LogP contribution in [0.5, 0.6) is 5.75 Å². The van der Waals surface area contributed by atoms with Crippen molar-refractivity contribution in [3.63, 3.8) is 0 Å². The van der Waals surface area contributed by atoms with Crippen LogP contribution in [0.25, 0.3) is 11.0 Å². The summed E-state index contributed by atoms with van der Waals surface area (Å²) < 4.78 is 8.41. The third-order valence-electron chi connectivity index (χ3n) is 4.75. The third kappa shape index (κ3) is 4.72. The van der Waals surface area contributed by atoms with Crippen molar-refractivity contribution < 1.29 is 4.74 Å². The van der Waals surface area contributed by atoms with Crippen LogP contribution in [0.4, 0.5) is 0 Å². The van der Waals surface area contributed by atoms with Gasteiger partial charge in [-0.2, -0.15) is 0 Å². The molecule has 4 heteroatoms. The van der Waals surface area contributed by atoms with Crippen LogP contribution in [0.1, 0.15) is 11.4 Å². The molecule has 3 aromatic carbocycles. The molecule has 3 nitrogen and oxygen atoms in total. The quantitative estimate of drug-likeness (QED) is 0.250. The number of imidazole rings is 1. The summed E-state index contributed by atoms with van der Waals surface area (Å²) in [5.41, 5.74) is 3.35. The van der Waals surface area contributed by atoms with Gasteiger partial charge in [-0.3, -0.25) is 0 Å². The van der Waals surface area contributed by atoms with Crippen LogP contribution in [0.2, 0.25) is 0 Å². The number of hydrogen-bond acceptors (Lipinski definition) is 3. The Kier molecular flexibility index (Phi) is 6.32. The first-order valence-corrected chi connectivity index (χ1v) is 10.8. The summed E-state index contributed by atoms with van der Waals surface area (Å²) in [5, 5.41) is 0. The number of aromatic nitrogens is 2. The summed E-state index contributed by atoms with van der Waals surface area (Å²) in [5.74, 6) is 2.83. The zero-order valence-corrected chi connectivity index (χ0v) is 17.1. The molecule has 4 rings (SSSR count). The van der Waals surface area contributed by atoms with E-state index in [1.807, 2.05) is 36.4 Å². The molecule has 0 radical (unpaired) electrons. The van der Waals surface area contributed by atoms with Gasteiger partial charge in [0.15, 0.2) is 0 Å². The average molecular weight is 401 g/mol. The highest BCUT2D eigenvalue weighted by Gasteiger charge is 2.11. The van der Waals surface area contributed by atoms with Gasteiger partial charge in [-0.05, 0) is 42.3 Å². The summed E-state index contributed by atoms with van der Waals surface area (Å²) in [6, 6.07) is 26.9. The Morgan fingerprint density at radius 3 is 2.55 bits per heavy atom. The molecule has 4 aromatic rings. The van der Waals surface area contributed by atoms with Gasteiger partial charge in [0.25, 0.3) is 0 Å². The molecular weight excluding hydrogens is 376 g/mol. The van der Waals surface area contributed by atoms with E-state index < -0.39 is 0 Å². The predicted molar refractivity (Wildman–Crippen MR) is 122 cm³/mol. The predicted octanol–water partition coefficient (Wildman–Crippen LogP) is 6.14. The Bertz CT molecular complexity index is 1090. The lowest BCUT2D eigenvalue weighted by atomic mass is 10.1. The van der Waals surface area contributed by atoms with Gasteiger partial charge in [0, 0.05) is 4.90 Å². The van der Waals surface area contributed by atoms with Gasteiger partial charge in [0.2, 0.25) is 0 Å². The fraction of sp³-hybridized carbons (Fsp3) is 0.160. The molecule has 0 spiro atoms. The van der Waals surface area contributed by atoms with Gasteiger partial charge in [-0.1, -0.05) is 54.6 Å². The molecular formula is C25H24N2OS. The maximum atomic E-state index is 6.13. The van der Waals surface area contributed by atoms with Crippen LogP contribution in [-0.4, -0.2) is 16.2 Å². The summed E-state index contributed by atoms with van der Waals surface area (Å²) in [6.45, 7) is 5.19. The fourth-order valence-corrected chi connectivity index (χ4v) is 4.23. The number of rotatable bonds is 9. The van der Waals surface area contributed by atoms with Crippen molar-refractivity contribution in [3.8, 4) is 5.75 Å².